The normalized spacial score (nSPS) is 11.6. The van der Waals surface area contributed by atoms with Gasteiger partial charge in [0.25, 0.3) is 0 Å². The first-order valence-corrected chi connectivity index (χ1v) is 4.35. The lowest BCUT2D eigenvalue weighted by atomic mass is 9.85. The first-order chi connectivity index (χ1) is 6.08. The third kappa shape index (κ3) is 2.22. The molecule has 0 aromatic heterocycles. The molecule has 0 fully saturated rings. The summed E-state index contributed by atoms with van der Waals surface area (Å²) < 4.78 is 5.10. The van der Waals surface area contributed by atoms with E-state index in [4.69, 9.17) is 4.74 Å². The Labute approximate surface area is 79.2 Å². The van der Waals surface area contributed by atoms with E-state index in [-0.39, 0.29) is 5.41 Å². The number of para-hydroxylation sites is 1. The second kappa shape index (κ2) is 3.79. The van der Waals surface area contributed by atoms with E-state index in [1.165, 1.54) is 0 Å². The van der Waals surface area contributed by atoms with Gasteiger partial charge in [-0.05, 0) is 6.07 Å². The van der Waals surface area contributed by atoms with E-state index < -0.39 is 0 Å². The molecule has 72 valence electrons. The molecular weight excluding hydrogens is 164 g/mol. The van der Waals surface area contributed by atoms with Gasteiger partial charge in [0.2, 0.25) is 0 Å². The predicted octanol–water partition coefficient (Wildman–Crippen LogP) is 2.32. The quantitative estimate of drug-likeness (QED) is 0.773. The van der Waals surface area contributed by atoms with Crippen LogP contribution in [0.15, 0.2) is 24.3 Å². The number of ether oxygens (including phenoxy) is 1. The number of benzene rings is 1. The minimum atomic E-state index is -0.139. The van der Waals surface area contributed by atoms with Crippen LogP contribution in [0.25, 0.3) is 0 Å². The average molecular weight is 180 g/mol. The molecule has 0 radical (unpaired) electrons. The lowest BCUT2D eigenvalue weighted by Crippen LogP contribution is -2.23. The Morgan fingerprint density at radius 3 is 2.46 bits per heavy atom. The van der Waals surface area contributed by atoms with Crippen molar-refractivity contribution in [1.82, 2.24) is 0 Å². The molecule has 0 spiro atoms. The highest BCUT2D eigenvalue weighted by atomic mass is 16.5. The van der Waals surface area contributed by atoms with Crippen LogP contribution in [-0.2, 0) is 10.2 Å². The zero-order valence-corrected chi connectivity index (χ0v) is 8.37. The van der Waals surface area contributed by atoms with Crippen molar-refractivity contribution in [2.45, 2.75) is 19.3 Å². The summed E-state index contributed by atoms with van der Waals surface area (Å²) in [6, 6.07) is 7.37. The largest absolute Gasteiger partial charge is 0.508 e. The van der Waals surface area contributed by atoms with Crippen molar-refractivity contribution in [3.63, 3.8) is 0 Å². The highest BCUT2D eigenvalue weighted by molar-refractivity contribution is 5.37. The number of rotatable bonds is 3. The Bertz CT molecular complexity index is 279. The number of phenolic OH excluding ortho intramolecular Hbond substituents is 1. The first-order valence-electron chi connectivity index (χ1n) is 4.35. The summed E-state index contributed by atoms with van der Waals surface area (Å²) >= 11 is 0. The van der Waals surface area contributed by atoms with Gasteiger partial charge < -0.3 is 9.84 Å². The standard InChI is InChI=1S/C11H16O2/c1-11(2,8-13-3)9-6-4-5-7-10(9)12/h4-7,12H,8H2,1-3H3. The molecule has 1 aromatic carbocycles. The van der Waals surface area contributed by atoms with Crippen LogP contribution in [0.3, 0.4) is 0 Å². The number of aromatic hydroxyl groups is 1. The fraction of sp³-hybridized carbons (Fsp3) is 0.455. The molecule has 0 bridgehead atoms. The van der Waals surface area contributed by atoms with E-state index >= 15 is 0 Å². The van der Waals surface area contributed by atoms with Crippen molar-refractivity contribution in [2.24, 2.45) is 0 Å². The van der Waals surface area contributed by atoms with Gasteiger partial charge in [0.15, 0.2) is 0 Å². The first kappa shape index (κ1) is 10.1. The molecule has 2 nitrogen and oxygen atoms in total. The van der Waals surface area contributed by atoms with Crippen molar-refractivity contribution in [1.29, 1.82) is 0 Å². The second-order valence-corrected chi connectivity index (χ2v) is 3.83. The average Bonchev–Trinajstić information content (AvgIpc) is 2.04. The van der Waals surface area contributed by atoms with Gasteiger partial charge in [0.1, 0.15) is 5.75 Å². The fourth-order valence-corrected chi connectivity index (χ4v) is 1.48. The molecule has 0 saturated heterocycles. The number of hydrogen-bond acceptors (Lipinski definition) is 2. The third-order valence-corrected chi connectivity index (χ3v) is 2.14. The summed E-state index contributed by atoms with van der Waals surface area (Å²) in [7, 11) is 1.67. The summed E-state index contributed by atoms with van der Waals surface area (Å²) in [6.07, 6.45) is 0. The molecule has 0 heterocycles. The van der Waals surface area contributed by atoms with Gasteiger partial charge >= 0.3 is 0 Å². The van der Waals surface area contributed by atoms with E-state index in [0.717, 1.165) is 5.56 Å². The van der Waals surface area contributed by atoms with Gasteiger partial charge in [0.05, 0.1) is 6.61 Å². The SMILES string of the molecule is COCC(C)(C)c1ccccc1O. The van der Waals surface area contributed by atoms with Crippen molar-refractivity contribution >= 4 is 0 Å². The van der Waals surface area contributed by atoms with Crippen LogP contribution in [0.5, 0.6) is 5.75 Å². The van der Waals surface area contributed by atoms with Crippen molar-refractivity contribution < 1.29 is 9.84 Å². The van der Waals surface area contributed by atoms with Crippen LogP contribution in [0.2, 0.25) is 0 Å². The highest BCUT2D eigenvalue weighted by Gasteiger charge is 2.23. The van der Waals surface area contributed by atoms with E-state index in [9.17, 15) is 5.11 Å². The number of phenols is 1. The van der Waals surface area contributed by atoms with Gasteiger partial charge in [0, 0.05) is 18.1 Å². The van der Waals surface area contributed by atoms with Crippen LogP contribution < -0.4 is 0 Å². The lowest BCUT2D eigenvalue weighted by Gasteiger charge is -2.24. The van der Waals surface area contributed by atoms with Crippen LogP contribution in [0, 0.1) is 0 Å². The van der Waals surface area contributed by atoms with Crippen LogP contribution in [-0.4, -0.2) is 18.8 Å². The molecule has 0 aliphatic heterocycles. The Balaban J connectivity index is 2.99. The molecule has 0 amide bonds. The van der Waals surface area contributed by atoms with Crippen LogP contribution in [0.4, 0.5) is 0 Å². The molecule has 2 heteroatoms. The molecule has 0 atom stereocenters. The summed E-state index contributed by atoms with van der Waals surface area (Å²) in [5.41, 5.74) is 0.789. The predicted molar refractivity (Wildman–Crippen MR) is 53.0 cm³/mol. The number of hydrogen-bond donors (Lipinski definition) is 1. The maximum absolute atomic E-state index is 9.62. The summed E-state index contributed by atoms with van der Waals surface area (Å²) in [4.78, 5) is 0. The van der Waals surface area contributed by atoms with E-state index in [0.29, 0.717) is 12.4 Å². The highest BCUT2D eigenvalue weighted by Crippen LogP contribution is 2.30. The molecule has 1 aromatic rings. The topological polar surface area (TPSA) is 29.5 Å². The molecule has 0 aliphatic carbocycles. The summed E-state index contributed by atoms with van der Waals surface area (Å²) in [5.74, 6) is 0.338. The maximum Gasteiger partial charge on any atom is 0.119 e. The number of methoxy groups -OCH3 is 1. The monoisotopic (exact) mass is 180 g/mol. The molecule has 0 aliphatic rings. The summed E-state index contributed by atoms with van der Waals surface area (Å²) in [5, 5.41) is 9.62. The Morgan fingerprint density at radius 2 is 1.92 bits per heavy atom. The van der Waals surface area contributed by atoms with E-state index in [1.807, 2.05) is 32.0 Å². The van der Waals surface area contributed by atoms with Crippen LogP contribution in [0.1, 0.15) is 19.4 Å². The van der Waals surface area contributed by atoms with Gasteiger partial charge in [-0.15, -0.1) is 0 Å². The van der Waals surface area contributed by atoms with E-state index in [1.54, 1.807) is 13.2 Å². The zero-order chi connectivity index (χ0) is 9.90. The Hall–Kier alpha value is -1.02. The fourth-order valence-electron chi connectivity index (χ4n) is 1.48. The zero-order valence-electron chi connectivity index (χ0n) is 8.37. The lowest BCUT2D eigenvalue weighted by molar-refractivity contribution is 0.145. The molecule has 0 unspecified atom stereocenters. The van der Waals surface area contributed by atoms with Crippen molar-refractivity contribution in [3.05, 3.63) is 29.8 Å². The molecule has 13 heavy (non-hydrogen) atoms. The summed E-state index contributed by atoms with van der Waals surface area (Å²) in [6.45, 7) is 4.70. The van der Waals surface area contributed by atoms with Gasteiger partial charge in [-0.1, -0.05) is 32.0 Å². The maximum atomic E-state index is 9.62. The minimum absolute atomic E-state index is 0.139. The van der Waals surface area contributed by atoms with Crippen LogP contribution >= 0.6 is 0 Å². The molecule has 0 saturated carbocycles. The van der Waals surface area contributed by atoms with Crippen molar-refractivity contribution in [3.8, 4) is 5.75 Å². The van der Waals surface area contributed by atoms with Gasteiger partial charge in [-0.2, -0.15) is 0 Å². The van der Waals surface area contributed by atoms with Gasteiger partial charge in [-0.25, -0.2) is 0 Å². The van der Waals surface area contributed by atoms with Gasteiger partial charge in [-0.3, -0.25) is 0 Å². The molecule has 1 N–H and O–H groups in total. The van der Waals surface area contributed by atoms with E-state index in [2.05, 4.69) is 0 Å². The third-order valence-electron chi connectivity index (χ3n) is 2.14. The smallest absolute Gasteiger partial charge is 0.119 e. The van der Waals surface area contributed by atoms with Crippen molar-refractivity contribution in [2.75, 3.05) is 13.7 Å². The Kier molecular flexibility index (Phi) is 2.94. The second-order valence-electron chi connectivity index (χ2n) is 3.83. The minimum Gasteiger partial charge on any atom is -0.508 e. The Morgan fingerprint density at radius 1 is 1.31 bits per heavy atom. The molecule has 1 rings (SSSR count). The molecular formula is C11H16O2.